The van der Waals surface area contributed by atoms with E-state index in [-0.39, 0.29) is 5.15 Å². The first kappa shape index (κ1) is 14.6. The van der Waals surface area contributed by atoms with Crippen LogP contribution in [0.25, 0.3) is 0 Å². The molecule has 0 bridgehead atoms. The van der Waals surface area contributed by atoms with Gasteiger partial charge >= 0.3 is 17.3 Å². The van der Waals surface area contributed by atoms with Crippen LogP contribution in [0.1, 0.15) is 0 Å². The van der Waals surface area contributed by atoms with Crippen molar-refractivity contribution in [3.8, 4) is 11.6 Å². The molecule has 1 aromatic carbocycles. The molecule has 0 atom stereocenters. The molecule has 0 fully saturated rings. The van der Waals surface area contributed by atoms with Crippen molar-refractivity contribution in [3.05, 3.63) is 61.5 Å². The predicted molar refractivity (Wildman–Crippen MR) is 69.0 cm³/mol. The maximum Gasteiger partial charge on any atom is 0.331 e. The third kappa shape index (κ3) is 3.03. The first-order valence-corrected chi connectivity index (χ1v) is 5.69. The SMILES string of the molecule is O=[N+]([O-])c1ccc(Cl)nc1Oc1c(F)cccc1[N+](=O)[O-]. The topological polar surface area (TPSA) is 108 Å². The lowest BCUT2D eigenvalue weighted by molar-refractivity contribution is -0.387. The van der Waals surface area contributed by atoms with Gasteiger partial charge in [-0.05, 0) is 12.1 Å². The van der Waals surface area contributed by atoms with Gasteiger partial charge in [0.2, 0.25) is 5.75 Å². The monoisotopic (exact) mass is 313 g/mol. The van der Waals surface area contributed by atoms with Crippen LogP contribution < -0.4 is 4.74 Å². The Morgan fingerprint density at radius 3 is 2.38 bits per heavy atom. The summed E-state index contributed by atoms with van der Waals surface area (Å²) in [5.41, 5.74) is -1.29. The van der Waals surface area contributed by atoms with Crippen molar-refractivity contribution >= 4 is 23.0 Å². The number of hydrogen-bond acceptors (Lipinski definition) is 6. The molecule has 0 unspecified atom stereocenters. The molecule has 0 N–H and O–H groups in total. The molecule has 2 aromatic rings. The van der Waals surface area contributed by atoms with Crippen molar-refractivity contribution in [3.63, 3.8) is 0 Å². The number of nitrogens with zero attached hydrogens (tertiary/aromatic N) is 3. The van der Waals surface area contributed by atoms with Crippen molar-refractivity contribution in [1.29, 1.82) is 0 Å². The van der Waals surface area contributed by atoms with E-state index in [2.05, 4.69) is 4.98 Å². The lowest BCUT2D eigenvalue weighted by Crippen LogP contribution is -2.00. The largest absolute Gasteiger partial charge is 0.423 e. The van der Waals surface area contributed by atoms with Gasteiger partial charge in [0.25, 0.3) is 0 Å². The molecule has 0 saturated heterocycles. The van der Waals surface area contributed by atoms with Crippen LogP contribution >= 0.6 is 11.6 Å². The fraction of sp³-hybridized carbons (Fsp3) is 0. The Kier molecular flexibility index (Phi) is 3.94. The van der Waals surface area contributed by atoms with E-state index in [0.29, 0.717) is 0 Å². The standard InChI is InChI=1S/C11H5ClFN3O5/c12-9-5-4-8(16(19)20)11(14-9)21-10-6(13)2-1-3-7(10)15(17)18/h1-5H. The molecule has 8 nitrogen and oxygen atoms in total. The summed E-state index contributed by atoms with van der Waals surface area (Å²) in [5, 5.41) is 21.5. The highest BCUT2D eigenvalue weighted by molar-refractivity contribution is 6.29. The number of hydrogen-bond donors (Lipinski definition) is 0. The number of nitro groups is 2. The van der Waals surface area contributed by atoms with Gasteiger partial charge in [0.05, 0.1) is 9.85 Å². The van der Waals surface area contributed by atoms with E-state index in [1.54, 1.807) is 0 Å². The summed E-state index contributed by atoms with van der Waals surface area (Å²) in [6, 6.07) is 5.16. The first-order valence-electron chi connectivity index (χ1n) is 5.32. The van der Waals surface area contributed by atoms with Gasteiger partial charge in [-0.2, -0.15) is 4.98 Å². The zero-order valence-electron chi connectivity index (χ0n) is 10.0. The third-order valence-corrected chi connectivity index (χ3v) is 2.56. The molecule has 10 heteroatoms. The van der Waals surface area contributed by atoms with Crippen molar-refractivity contribution < 1.29 is 19.0 Å². The summed E-state index contributed by atoms with van der Waals surface area (Å²) in [6.45, 7) is 0. The number of ether oxygens (including phenoxy) is 1. The minimum Gasteiger partial charge on any atom is -0.423 e. The van der Waals surface area contributed by atoms with Crippen LogP contribution in [0.15, 0.2) is 30.3 Å². The molecular formula is C11H5ClFN3O5. The Balaban J connectivity index is 2.55. The second-order valence-electron chi connectivity index (χ2n) is 3.66. The zero-order chi connectivity index (χ0) is 15.6. The lowest BCUT2D eigenvalue weighted by Gasteiger charge is -2.06. The van der Waals surface area contributed by atoms with Gasteiger partial charge < -0.3 is 4.74 Å². The van der Waals surface area contributed by atoms with E-state index in [0.717, 1.165) is 30.3 Å². The summed E-state index contributed by atoms with van der Waals surface area (Å²) >= 11 is 5.59. The number of nitro benzene ring substituents is 1. The molecule has 0 amide bonds. The molecule has 0 spiro atoms. The summed E-state index contributed by atoms with van der Waals surface area (Å²) in [4.78, 5) is 23.5. The second kappa shape index (κ2) is 5.67. The van der Waals surface area contributed by atoms with Crippen LogP contribution in [0.5, 0.6) is 11.6 Å². The summed E-state index contributed by atoms with van der Waals surface area (Å²) < 4.78 is 18.6. The number of aromatic nitrogens is 1. The van der Waals surface area contributed by atoms with Crippen molar-refractivity contribution in [2.75, 3.05) is 0 Å². The molecular weight excluding hydrogens is 309 g/mol. The van der Waals surface area contributed by atoms with Crippen LogP contribution in [-0.4, -0.2) is 14.8 Å². The van der Waals surface area contributed by atoms with Crippen LogP contribution in [0.4, 0.5) is 15.8 Å². The second-order valence-corrected chi connectivity index (χ2v) is 4.05. The Labute approximate surface area is 121 Å². The summed E-state index contributed by atoms with van der Waals surface area (Å²) in [6.07, 6.45) is 0. The lowest BCUT2D eigenvalue weighted by atomic mass is 10.3. The molecule has 1 aromatic heterocycles. The minimum atomic E-state index is -1.06. The summed E-state index contributed by atoms with van der Waals surface area (Å²) in [5.74, 6) is -2.47. The van der Waals surface area contributed by atoms with Crippen molar-refractivity contribution in [2.24, 2.45) is 0 Å². The van der Waals surface area contributed by atoms with Gasteiger partial charge in [0, 0.05) is 12.1 Å². The quantitative estimate of drug-likeness (QED) is 0.485. The van der Waals surface area contributed by atoms with Crippen LogP contribution in [-0.2, 0) is 0 Å². The number of para-hydroxylation sites is 1. The Morgan fingerprint density at radius 2 is 1.76 bits per heavy atom. The molecule has 0 aliphatic carbocycles. The fourth-order valence-corrected chi connectivity index (χ4v) is 1.60. The molecule has 0 saturated carbocycles. The van der Waals surface area contributed by atoms with E-state index >= 15 is 0 Å². The molecule has 0 aliphatic rings. The van der Waals surface area contributed by atoms with Crippen molar-refractivity contribution in [2.45, 2.75) is 0 Å². The fourth-order valence-electron chi connectivity index (χ4n) is 1.46. The average molecular weight is 314 g/mol. The maximum atomic E-state index is 13.7. The van der Waals surface area contributed by atoms with Crippen LogP contribution in [0, 0.1) is 26.0 Å². The molecule has 1 heterocycles. The molecule has 0 radical (unpaired) electrons. The van der Waals surface area contributed by atoms with E-state index < -0.39 is 38.7 Å². The number of pyridine rings is 1. The van der Waals surface area contributed by atoms with Crippen LogP contribution in [0.2, 0.25) is 5.15 Å². The van der Waals surface area contributed by atoms with E-state index in [4.69, 9.17) is 16.3 Å². The molecule has 108 valence electrons. The van der Waals surface area contributed by atoms with Gasteiger partial charge in [0.1, 0.15) is 5.15 Å². The van der Waals surface area contributed by atoms with E-state index in [1.807, 2.05) is 0 Å². The van der Waals surface area contributed by atoms with E-state index in [1.165, 1.54) is 0 Å². The Morgan fingerprint density at radius 1 is 1.10 bits per heavy atom. The molecule has 2 rings (SSSR count). The normalized spacial score (nSPS) is 10.2. The first-order chi connectivity index (χ1) is 9.90. The minimum absolute atomic E-state index is 0.144. The predicted octanol–water partition coefficient (Wildman–Crippen LogP) is 3.48. The zero-order valence-corrected chi connectivity index (χ0v) is 10.8. The summed E-state index contributed by atoms with van der Waals surface area (Å²) in [7, 11) is 0. The highest BCUT2D eigenvalue weighted by Gasteiger charge is 2.25. The number of benzene rings is 1. The van der Waals surface area contributed by atoms with Gasteiger partial charge in [-0.3, -0.25) is 20.2 Å². The molecule has 0 aliphatic heterocycles. The van der Waals surface area contributed by atoms with Crippen LogP contribution in [0.3, 0.4) is 0 Å². The van der Waals surface area contributed by atoms with Crippen molar-refractivity contribution in [1.82, 2.24) is 4.98 Å². The van der Waals surface area contributed by atoms with Gasteiger partial charge in [-0.1, -0.05) is 17.7 Å². The van der Waals surface area contributed by atoms with Gasteiger partial charge in [-0.25, -0.2) is 4.39 Å². The number of rotatable bonds is 4. The Bertz CT molecular complexity index is 740. The maximum absolute atomic E-state index is 13.7. The number of halogens is 2. The van der Waals surface area contributed by atoms with E-state index in [9.17, 15) is 24.6 Å². The highest BCUT2D eigenvalue weighted by Crippen LogP contribution is 2.37. The highest BCUT2D eigenvalue weighted by atomic mass is 35.5. The third-order valence-electron chi connectivity index (χ3n) is 2.34. The van der Waals surface area contributed by atoms with Gasteiger partial charge in [0.15, 0.2) is 5.82 Å². The average Bonchev–Trinajstić information content (AvgIpc) is 2.40. The smallest absolute Gasteiger partial charge is 0.331 e. The molecule has 21 heavy (non-hydrogen) atoms. The Hall–Kier alpha value is -2.81. The van der Waals surface area contributed by atoms with Gasteiger partial charge in [-0.15, -0.1) is 0 Å².